The molecule has 6 heteroatoms. The van der Waals surface area contributed by atoms with E-state index in [0.29, 0.717) is 22.1 Å². The van der Waals surface area contributed by atoms with Gasteiger partial charge in [-0.3, -0.25) is 4.90 Å². The van der Waals surface area contributed by atoms with Crippen LogP contribution in [0, 0.1) is 5.82 Å². The van der Waals surface area contributed by atoms with Gasteiger partial charge in [0.05, 0.1) is 10.3 Å². The highest BCUT2D eigenvalue weighted by Gasteiger charge is 2.25. The van der Waals surface area contributed by atoms with E-state index in [1.807, 2.05) is 0 Å². The van der Waals surface area contributed by atoms with E-state index in [1.165, 1.54) is 73.5 Å². The number of aromatic nitrogens is 1. The van der Waals surface area contributed by atoms with Gasteiger partial charge in [0.25, 0.3) is 0 Å². The van der Waals surface area contributed by atoms with Crippen molar-refractivity contribution in [1.82, 2.24) is 10.1 Å². The maximum Gasteiger partial charge on any atom is 0.170 e. The van der Waals surface area contributed by atoms with Gasteiger partial charge in [0, 0.05) is 23.4 Å². The fourth-order valence-electron chi connectivity index (χ4n) is 5.37. The maximum atomic E-state index is 13.5. The van der Waals surface area contributed by atoms with Crippen molar-refractivity contribution >= 4 is 34.5 Å². The Morgan fingerprint density at radius 1 is 1.00 bits per heavy atom. The molecule has 182 valence electrons. The summed E-state index contributed by atoms with van der Waals surface area (Å²) in [5.74, 6) is 2.90. The number of thioether (sulfide) groups is 2. The average molecular weight is 499 g/mol. The lowest BCUT2D eigenvalue weighted by molar-refractivity contribution is 0.153. The first-order valence-electron chi connectivity index (χ1n) is 12.8. The van der Waals surface area contributed by atoms with Crippen molar-refractivity contribution in [2.24, 2.45) is 0 Å². The topological polar surface area (TPSA) is 29.3 Å². The zero-order chi connectivity index (χ0) is 23.3. The summed E-state index contributed by atoms with van der Waals surface area (Å²) in [6.07, 6.45) is 8.26. The fourth-order valence-corrected chi connectivity index (χ4v) is 8.49. The van der Waals surface area contributed by atoms with Gasteiger partial charge in [-0.1, -0.05) is 42.8 Å². The van der Waals surface area contributed by atoms with E-state index in [4.69, 9.17) is 4.52 Å². The van der Waals surface area contributed by atoms with E-state index in [2.05, 4.69) is 64.8 Å². The molecule has 2 aliphatic rings. The van der Waals surface area contributed by atoms with Crippen LogP contribution in [-0.4, -0.2) is 39.2 Å². The molecular formula is C28H35FN2OS2. The smallest absolute Gasteiger partial charge is 0.170 e. The Morgan fingerprint density at radius 2 is 1.74 bits per heavy atom. The molecule has 5 rings (SSSR count). The summed E-state index contributed by atoms with van der Waals surface area (Å²) >= 11 is 4.26. The minimum atomic E-state index is -0.279. The molecule has 0 amide bonds. The van der Waals surface area contributed by atoms with Crippen molar-refractivity contribution in [3.8, 4) is 0 Å². The van der Waals surface area contributed by atoms with E-state index in [0.717, 1.165) is 30.3 Å². The molecule has 2 aliphatic heterocycles. The second-order valence-electron chi connectivity index (χ2n) is 9.69. The molecule has 1 aromatic heterocycles. The van der Waals surface area contributed by atoms with Crippen LogP contribution in [0.2, 0.25) is 0 Å². The zero-order valence-electron chi connectivity index (χ0n) is 20.0. The Bertz CT molecular complexity index is 1060. The lowest BCUT2D eigenvalue weighted by atomic mass is 9.93. The molecule has 3 nitrogen and oxygen atoms in total. The molecule has 0 spiro atoms. The largest absolute Gasteiger partial charge is 0.356 e. The van der Waals surface area contributed by atoms with Crippen LogP contribution >= 0.6 is 23.5 Å². The van der Waals surface area contributed by atoms with Gasteiger partial charge in [0.15, 0.2) is 5.58 Å². The first kappa shape index (κ1) is 24.2. The van der Waals surface area contributed by atoms with Gasteiger partial charge >= 0.3 is 0 Å². The SMILES string of the molecule is CC(c1ccc(C(CCCc2noc3cc(F)ccc23)N2CCCCC2)cc1)C1SCCCS1. The molecular weight excluding hydrogens is 463 g/mol. The molecule has 0 aliphatic carbocycles. The first-order valence-corrected chi connectivity index (χ1v) is 14.9. The van der Waals surface area contributed by atoms with Gasteiger partial charge in [-0.05, 0) is 86.4 Å². The van der Waals surface area contributed by atoms with Gasteiger partial charge < -0.3 is 4.52 Å². The summed E-state index contributed by atoms with van der Waals surface area (Å²) in [6.45, 7) is 4.76. The van der Waals surface area contributed by atoms with Crippen LogP contribution in [0.1, 0.15) is 74.2 Å². The number of nitrogens with zero attached hydrogens (tertiary/aromatic N) is 2. The van der Waals surface area contributed by atoms with E-state index in [1.54, 1.807) is 6.07 Å². The highest BCUT2D eigenvalue weighted by atomic mass is 32.2. The maximum absolute atomic E-state index is 13.5. The van der Waals surface area contributed by atoms with E-state index in [9.17, 15) is 4.39 Å². The minimum absolute atomic E-state index is 0.279. The van der Waals surface area contributed by atoms with E-state index in [-0.39, 0.29) is 5.82 Å². The Hall–Kier alpha value is -1.50. The number of fused-ring (bicyclic) bond motifs is 1. The molecule has 0 bridgehead atoms. The quantitative estimate of drug-likeness (QED) is 0.316. The third-order valence-electron chi connectivity index (χ3n) is 7.34. The Morgan fingerprint density at radius 3 is 2.50 bits per heavy atom. The van der Waals surface area contributed by atoms with Crippen LogP contribution in [0.5, 0.6) is 0 Å². The highest BCUT2D eigenvalue weighted by molar-refractivity contribution is 8.17. The summed E-state index contributed by atoms with van der Waals surface area (Å²) in [7, 11) is 0. The van der Waals surface area contributed by atoms with Gasteiger partial charge in [0.1, 0.15) is 5.82 Å². The summed E-state index contributed by atoms with van der Waals surface area (Å²) in [4.78, 5) is 2.69. The van der Waals surface area contributed by atoms with Crippen molar-refractivity contribution in [3.05, 3.63) is 65.1 Å². The van der Waals surface area contributed by atoms with Crippen LogP contribution in [0.3, 0.4) is 0 Å². The lowest BCUT2D eigenvalue weighted by Gasteiger charge is -2.35. The number of halogens is 1. The third-order valence-corrected chi connectivity index (χ3v) is 10.7. The number of hydrogen-bond donors (Lipinski definition) is 0. The average Bonchev–Trinajstić information content (AvgIpc) is 3.29. The summed E-state index contributed by atoms with van der Waals surface area (Å²) in [6, 6.07) is 14.7. The van der Waals surface area contributed by atoms with Crippen molar-refractivity contribution in [3.63, 3.8) is 0 Å². The first-order chi connectivity index (χ1) is 16.7. The summed E-state index contributed by atoms with van der Waals surface area (Å²) in [5, 5.41) is 5.17. The normalized spacial score (nSPS) is 19.9. The monoisotopic (exact) mass is 498 g/mol. The van der Waals surface area contributed by atoms with Gasteiger partial charge in [0.2, 0.25) is 0 Å². The number of hydrogen-bond acceptors (Lipinski definition) is 5. The van der Waals surface area contributed by atoms with Crippen LogP contribution < -0.4 is 0 Å². The van der Waals surface area contributed by atoms with Crippen LogP contribution in [0.4, 0.5) is 4.39 Å². The minimum Gasteiger partial charge on any atom is -0.356 e. The zero-order valence-corrected chi connectivity index (χ0v) is 21.7. The standard InChI is InChI=1S/C28H35FN2OS2/c1-20(28-33-17-6-18-34-28)21-9-11-22(12-10-21)26(31-15-3-2-4-16-31)8-5-7-25-24-14-13-23(29)19-27(24)32-30-25/h9-14,19-20,26,28H,2-8,15-18H2,1H3. The molecule has 3 aromatic rings. The van der Waals surface area contributed by atoms with E-state index >= 15 is 0 Å². The number of piperidine rings is 1. The highest BCUT2D eigenvalue weighted by Crippen LogP contribution is 2.41. The Balaban J connectivity index is 1.27. The molecule has 2 fully saturated rings. The van der Waals surface area contributed by atoms with E-state index < -0.39 is 0 Å². The number of likely N-dealkylation sites (tertiary alicyclic amines) is 1. The summed E-state index contributed by atoms with van der Waals surface area (Å²) < 4.78 is 19.5. The van der Waals surface area contributed by atoms with Crippen molar-refractivity contribution in [2.75, 3.05) is 24.6 Å². The predicted molar refractivity (Wildman–Crippen MR) is 143 cm³/mol. The van der Waals surface area contributed by atoms with Crippen LogP contribution in [0.25, 0.3) is 11.0 Å². The molecule has 0 radical (unpaired) electrons. The predicted octanol–water partition coefficient (Wildman–Crippen LogP) is 7.82. The Kier molecular flexibility index (Phi) is 8.18. The number of benzene rings is 2. The number of rotatable bonds is 8. The summed E-state index contributed by atoms with van der Waals surface area (Å²) in [5.41, 5.74) is 4.39. The molecule has 0 N–H and O–H groups in total. The fraction of sp³-hybridized carbons (Fsp3) is 0.536. The van der Waals surface area contributed by atoms with Gasteiger partial charge in [-0.2, -0.15) is 0 Å². The van der Waals surface area contributed by atoms with Gasteiger partial charge in [-0.25, -0.2) is 4.39 Å². The molecule has 3 heterocycles. The second-order valence-corrected chi connectivity index (χ2v) is 12.5. The molecule has 34 heavy (non-hydrogen) atoms. The molecule has 2 atom stereocenters. The molecule has 0 saturated carbocycles. The Labute approximate surface area is 211 Å². The molecule has 2 unspecified atom stereocenters. The second kappa shape index (κ2) is 11.5. The van der Waals surface area contributed by atoms with Crippen molar-refractivity contribution in [1.29, 1.82) is 0 Å². The number of aryl methyl sites for hydroxylation is 1. The van der Waals surface area contributed by atoms with Crippen LogP contribution in [0.15, 0.2) is 47.0 Å². The molecule has 2 saturated heterocycles. The van der Waals surface area contributed by atoms with Crippen molar-refractivity contribution in [2.45, 2.75) is 68.4 Å². The van der Waals surface area contributed by atoms with Crippen molar-refractivity contribution < 1.29 is 8.91 Å². The van der Waals surface area contributed by atoms with Crippen LogP contribution in [-0.2, 0) is 6.42 Å². The lowest BCUT2D eigenvalue weighted by Crippen LogP contribution is -2.33. The van der Waals surface area contributed by atoms with Gasteiger partial charge in [-0.15, -0.1) is 23.5 Å². The molecule has 2 aromatic carbocycles. The third kappa shape index (κ3) is 5.66.